The SMILES string of the molecule is NNc1ncccc1S(=O)(=O)Nc1c(F)cc(Br)cc1F. The number of benzene rings is 1. The normalized spacial score (nSPS) is 11.2. The first-order valence-corrected chi connectivity index (χ1v) is 7.72. The zero-order valence-corrected chi connectivity index (χ0v) is 12.7. The minimum atomic E-state index is -4.26. The van der Waals surface area contributed by atoms with Crippen molar-refractivity contribution < 1.29 is 17.2 Å². The Hall–Kier alpha value is -1.78. The van der Waals surface area contributed by atoms with Gasteiger partial charge in [-0.05, 0) is 24.3 Å². The Morgan fingerprint density at radius 2 is 1.86 bits per heavy atom. The van der Waals surface area contributed by atoms with Gasteiger partial charge in [0.15, 0.2) is 17.5 Å². The third kappa shape index (κ3) is 3.28. The average molecular weight is 379 g/mol. The molecule has 0 atom stereocenters. The maximum Gasteiger partial charge on any atom is 0.265 e. The lowest BCUT2D eigenvalue weighted by Gasteiger charge is -2.12. The molecule has 1 aromatic heterocycles. The Morgan fingerprint density at radius 1 is 1.24 bits per heavy atom. The van der Waals surface area contributed by atoms with Crippen LogP contribution >= 0.6 is 15.9 Å². The number of hydrogen-bond acceptors (Lipinski definition) is 5. The van der Waals surface area contributed by atoms with Gasteiger partial charge in [-0.2, -0.15) is 0 Å². The maximum atomic E-state index is 13.7. The molecule has 2 aromatic rings. The first-order valence-electron chi connectivity index (χ1n) is 5.44. The first kappa shape index (κ1) is 15.6. The molecule has 0 aliphatic carbocycles. The molecular formula is C11H9BrF2N4O2S. The van der Waals surface area contributed by atoms with Gasteiger partial charge in [-0.3, -0.25) is 4.72 Å². The van der Waals surface area contributed by atoms with E-state index in [2.05, 4.69) is 26.3 Å². The quantitative estimate of drug-likeness (QED) is 0.559. The monoisotopic (exact) mass is 378 g/mol. The van der Waals surface area contributed by atoms with Crippen molar-refractivity contribution in [2.24, 2.45) is 5.84 Å². The Balaban J connectivity index is 2.48. The molecule has 1 heterocycles. The van der Waals surface area contributed by atoms with E-state index in [0.29, 0.717) is 0 Å². The van der Waals surface area contributed by atoms with Crippen LogP contribution in [0.5, 0.6) is 0 Å². The molecule has 0 radical (unpaired) electrons. The Morgan fingerprint density at radius 3 is 2.43 bits per heavy atom. The molecule has 21 heavy (non-hydrogen) atoms. The minimum Gasteiger partial charge on any atom is -0.307 e. The standard InChI is InChI=1S/C11H9BrF2N4O2S/c12-6-4-7(13)10(8(14)5-6)18-21(19,20)9-2-1-3-16-11(9)17-15/h1-5,18H,15H2,(H,16,17). The fourth-order valence-electron chi connectivity index (χ4n) is 1.54. The van der Waals surface area contributed by atoms with Gasteiger partial charge in [0.25, 0.3) is 10.0 Å². The number of rotatable bonds is 4. The van der Waals surface area contributed by atoms with Crippen molar-refractivity contribution in [3.05, 3.63) is 46.6 Å². The van der Waals surface area contributed by atoms with Crippen molar-refractivity contribution >= 4 is 37.5 Å². The minimum absolute atomic E-state index is 0.145. The molecule has 0 bridgehead atoms. The molecule has 1 aromatic carbocycles. The fourth-order valence-corrected chi connectivity index (χ4v) is 3.14. The highest BCUT2D eigenvalue weighted by atomic mass is 79.9. The van der Waals surface area contributed by atoms with Crippen LogP contribution in [0.4, 0.5) is 20.3 Å². The van der Waals surface area contributed by atoms with Crippen molar-refractivity contribution in [1.29, 1.82) is 0 Å². The largest absolute Gasteiger partial charge is 0.307 e. The second kappa shape index (κ2) is 5.92. The second-order valence-electron chi connectivity index (χ2n) is 3.84. The number of nitrogens with two attached hydrogens (primary N) is 1. The summed E-state index contributed by atoms with van der Waals surface area (Å²) in [5, 5.41) is 0. The van der Waals surface area contributed by atoms with Gasteiger partial charge in [-0.1, -0.05) is 15.9 Å². The van der Waals surface area contributed by atoms with Gasteiger partial charge < -0.3 is 5.43 Å². The number of nitrogens with one attached hydrogen (secondary N) is 2. The van der Waals surface area contributed by atoms with Gasteiger partial charge >= 0.3 is 0 Å². The number of hydrogen-bond donors (Lipinski definition) is 3. The summed E-state index contributed by atoms with van der Waals surface area (Å²) >= 11 is 2.90. The molecule has 0 aliphatic rings. The highest BCUT2D eigenvalue weighted by Crippen LogP contribution is 2.27. The van der Waals surface area contributed by atoms with Gasteiger partial charge in [0.1, 0.15) is 10.6 Å². The van der Waals surface area contributed by atoms with Crippen LogP contribution in [0.25, 0.3) is 0 Å². The maximum absolute atomic E-state index is 13.7. The number of hydrazine groups is 1. The number of nitrogens with zero attached hydrogens (tertiary/aromatic N) is 1. The lowest BCUT2D eigenvalue weighted by Crippen LogP contribution is -2.19. The van der Waals surface area contributed by atoms with Crippen LogP contribution in [0.15, 0.2) is 39.8 Å². The molecular weight excluding hydrogens is 370 g/mol. The predicted molar refractivity (Wildman–Crippen MR) is 76.9 cm³/mol. The van der Waals surface area contributed by atoms with Crippen molar-refractivity contribution in [1.82, 2.24) is 4.98 Å². The molecule has 0 saturated carbocycles. The molecule has 0 saturated heterocycles. The average Bonchev–Trinajstić information content (AvgIpc) is 2.43. The molecule has 2 rings (SSSR count). The lowest BCUT2D eigenvalue weighted by atomic mass is 10.3. The van der Waals surface area contributed by atoms with E-state index >= 15 is 0 Å². The number of sulfonamides is 1. The van der Waals surface area contributed by atoms with Gasteiger partial charge in [-0.15, -0.1) is 0 Å². The predicted octanol–water partition coefficient (Wildman–Crippen LogP) is 2.21. The fraction of sp³-hybridized carbons (Fsp3) is 0. The number of pyridine rings is 1. The summed E-state index contributed by atoms with van der Waals surface area (Å²) in [6.07, 6.45) is 1.31. The summed E-state index contributed by atoms with van der Waals surface area (Å²) in [6.45, 7) is 0. The zero-order valence-electron chi connectivity index (χ0n) is 10.3. The summed E-state index contributed by atoms with van der Waals surface area (Å²) in [7, 11) is -4.26. The van der Waals surface area contributed by atoms with Gasteiger partial charge in [0.05, 0.1) is 0 Å². The molecule has 0 aliphatic heterocycles. The summed E-state index contributed by atoms with van der Waals surface area (Å²) in [5.41, 5.74) is 1.31. The summed E-state index contributed by atoms with van der Waals surface area (Å²) in [4.78, 5) is 3.38. The number of aromatic nitrogens is 1. The van der Waals surface area contributed by atoms with Crippen molar-refractivity contribution in [3.8, 4) is 0 Å². The van der Waals surface area contributed by atoms with Crippen LogP contribution in [-0.4, -0.2) is 13.4 Å². The third-order valence-electron chi connectivity index (χ3n) is 2.44. The number of halogens is 3. The molecule has 4 N–H and O–H groups in total. The van der Waals surface area contributed by atoms with Crippen LogP contribution in [0.1, 0.15) is 0 Å². The summed E-state index contributed by atoms with van der Waals surface area (Å²) < 4.78 is 53.7. The van der Waals surface area contributed by atoms with E-state index in [1.54, 1.807) is 0 Å². The van der Waals surface area contributed by atoms with E-state index in [1.807, 2.05) is 4.72 Å². The molecule has 112 valence electrons. The smallest absolute Gasteiger partial charge is 0.265 e. The van der Waals surface area contributed by atoms with Crippen molar-refractivity contribution in [2.45, 2.75) is 4.90 Å². The number of nitrogen functional groups attached to an aromatic ring is 1. The highest BCUT2D eigenvalue weighted by molar-refractivity contribution is 9.10. The molecule has 0 unspecified atom stereocenters. The highest BCUT2D eigenvalue weighted by Gasteiger charge is 2.23. The molecule has 0 fully saturated rings. The summed E-state index contributed by atoms with van der Waals surface area (Å²) in [6, 6.07) is 4.42. The number of anilines is 2. The zero-order chi connectivity index (χ0) is 15.6. The van der Waals surface area contributed by atoms with Crippen LogP contribution in [0, 0.1) is 11.6 Å². The van der Waals surface area contributed by atoms with Crippen molar-refractivity contribution in [2.75, 3.05) is 10.1 Å². The second-order valence-corrected chi connectivity index (χ2v) is 6.41. The van der Waals surface area contributed by atoms with E-state index in [4.69, 9.17) is 5.84 Å². The van der Waals surface area contributed by atoms with Crippen molar-refractivity contribution in [3.63, 3.8) is 0 Å². The van der Waals surface area contributed by atoms with Gasteiger partial charge in [0, 0.05) is 10.7 Å². The molecule has 6 nitrogen and oxygen atoms in total. The Bertz CT molecular complexity index is 763. The van der Waals surface area contributed by atoms with E-state index in [1.165, 1.54) is 18.3 Å². The van der Waals surface area contributed by atoms with E-state index in [0.717, 1.165) is 12.1 Å². The van der Waals surface area contributed by atoms with Crippen LogP contribution < -0.4 is 16.0 Å². The van der Waals surface area contributed by atoms with Gasteiger partial charge in [-0.25, -0.2) is 28.0 Å². The molecule has 0 amide bonds. The lowest BCUT2D eigenvalue weighted by molar-refractivity contribution is 0.582. The van der Waals surface area contributed by atoms with Crippen LogP contribution in [0.2, 0.25) is 0 Å². The molecule has 0 spiro atoms. The van der Waals surface area contributed by atoms with Crippen LogP contribution in [-0.2, 0) is 10.0 Å². The van der Waals surface area contributed by atoms with E-state index in [9.17, 15) is 17.2 Å². The Labute approximate surface area is 127 Å². The van der Waals surface area contributed by atoms with Crippen LogP contribution in [0.3, 0.4) is 0 Å². The van der Waals surface area contributed by atoms with Gasteiger partial charge in [0.2, 0.25) is 0 Å². The van der Waals surface area contributed by atoms with E-state index in [-0.39, 0.29) is 15.2 Å². The first-order chi connectivity index (χ1) is 9.85. The third-order valence-corrected chi connectivity index (χ3v) is 4.28. The van der Waals surface area contributed by atoms with E-state index < -0.39 is 27.3 Å². The summed E-state index contributed by atoms with van der Waals surface area (Å²) in [5.74, 6) is 2.89. The molecule has 10 heteroatoms. The Kier molecular flexibility index (Phi) is 4.40. The topological polar surface area (TPSA) is 97.1 Å².